The Balaban J connectivity index is 1.21. The van der Waals surface area contributed by atoms with E-state index >= 15 is 0 Å². The quantitative estimate of drug-likeness (QED) is 0.521. The fourth-order valence-electron chi connectivity index (χ4n) is 2.99. The van der Waals surface area contributed by atoms with Crippen molar-refractivity contribution in [2.24, 2.45) is 0 Å². The van der Waals surface area contributed by atoms with Gasteiger partial charge in [-0.2, -0.15) is 0 Å². The van der Waals surface area contributed by atoms with E-state index in [9.17, 15) is 4.79 Å². The molecule has 5 rings (SSSR count). The van der Waals surface area contributed by atoms with Crippen molar-refractivity contribution in [3.8, 4) is 17.4 Å². The molecule has 0 saturated heterocycles. The van der Waals surface area contributed by atoms with E-state index in [0.717, 1.165) is 24.4 Å². The standard InChI is InChI=1S/C21H18N6O3/c1-13-22-10-11-27(13)19-8-9-20(25-24-19)29-16-6-4-15(5-7-16)23-21(28)17-12-18(30-26-17)14-2-3-14/h4-12,14H,2-3H2,1H3,(H,23,28). The number of benzene rings is 1. The van der Waals surface area contributed by atoms with Crippen LogP contribution in [-0.4, -0.2) is 30.8 Å². The van der Waals surface area contributed by atoms with Gasteiger partial charge in [0.2, 0.25) is 5.88 Å². The lowest BCUT2D eigenvalue weighted by atomic mass is 10.2. The SMILES string of the molecule is Cc1nccn1-c1ccc(Oc2ccc(NC(=O)c3cc(C4CC4)on3)cc2)nn1. The van der Waals surface area contributed by atoms with Crippen LogP contribution in [0.25, 0.3) is 5.82 Å². The highest BCUT2D eigenvalue weighted by Crippen LogP contribution is 2.40. The topological polar surface area (TPSA) is 108 Å². The minimum Gasteiger partial charge on any atom is -0.438 e. The molecule has 1 amide bonds. The third-order valence-electron chi connectivity index (χ3n) is 4.77. The molecule has 30 heavy (non-hydrogen) atoms. The van der Waals surface area contributed by atoms with Crippen molar-refractivity contribution < 1.29 is 14.1 Å². The van der Waals surface area contributed by atoms with E-state index in [1.807, 2.05) is 17.7 Å². The number of nitrogens with one attached hydrogen (secondary N) is 1. The molecule has 1 fully saturated rings. The highest BCUT2D eigenvalue weighted by atomic mass is 16.5. The first kappa shape index (κ1) is 18.0. The lowest BCUT2D eigenvalue weighted by Gasteiger charge is -2.07. The zero-order chi connectivity index (χ0) is 20.5. The monoisotopic (exact) mass is 402 g/mol. The van der Waals surface area contributed by atoms with Crippen molar-refractivity contribution >= 4 is 11.6 Å². The smallest absolute Gasteiger partial charge is 0.277 e. The van der Waals surface area contributed by atoms with Crippen LogP contribution in [0, 0.1) is 6.92 Å². The Labute approximate surface area is 171 Å². The molecule has 1 aliphatic rings. The average molecular weight is 402 g/mol. The zero-order valence-electron chi connectivity index (χ0n) is 16.1. The van der Waals surface area contributed by atoms with Crippen LogP contribution in [0.1, 0.15) is 40.8 Å². The minimum atomic E-state index is -0.310. The highest BCUT2D eigenvalue weighted by molar-refractivity contribution is 6.02. The van der Waals surface area contributed by atoms with Gasteiger partial charge in [-0.1, -0.05) is 5.16 Å². The van der Waals surface area contributed by atoms with Gasteiger partial charge < -0.3 is 14.6 Å². The second-order valence-electron chi connectivity index (χ2n) is 7.04. The summed E-state index contributed by atoms with van der Waals surface area (Å²) in [6.07, 6.45) is 5.71. The average Bonchev–Trinajstić information content (AvgIpc) is 3.32. The van der Waals surface area contributed by atoms with Crippen molar-refractivity contribution in [3.63, 3.8) is 0 Å². The van der Waals surface area contributed by atoms with Crippen molar-refractivity contribution in [2.45, 2.75) is 25.7 Å². The van der Waals surface area contributed by atoms with Crippen LogP contribution >= 0.6 is 0 Å². The molecular weight excluding hydrogens is 384 g/mol. The summed E-state index contributed by atoms with van der Waals surface area (Å²) in [5.41, 5.74) is 0.904. The molecule has 9 heteroatoms. The van der Waals surface area contributed by atoms with Crippen LogP contribution in [0.4, 0.5) is 5.69 Å². The molecule has 0 spiro atoms. The first-order chi connectivity index (χ1) is 14.7. The number of amides is 1. The zero-order valence-corrected chi connectivity index (χ0v) is 16.1. The summed E-state index contributed by atoms with van der Waals surface area (Å²) < 4.78 is 12.8. The van der Waals surface area contributed by atoms with E-state index in [4.69, 9.17) is 9.26 Å². The lowest BCUT2D eigenvalue weighted by molar-refractivity contribution is 0.101. The maximum atomic E-state index is 12.3. The number of hydrogen-bond acceptors (Lipinski definition) is 7. The molecule has 3 aromatic heterocycles. The summed E-state index contributed by atoms with van der Waals surface area (Å²) in [5.74, 6) is 3.30. The normalized spacial score (nSPS) is 13.2. The predicted octanol–water partition coefficient (Wildman–Crippen LogP) is 3.88. The Morgan fingerprint density at radius 3 is 2.67 bits per heavy atom. The fraction of sp³-hybridized carbons (Fsp3) is 0.190. The van der Waals surface area contributed by atoms with Crippen molar-refractivity contribution in [3.05, 3.63) is 72.1 Å². The molecule has 1 aliphatic carbocycles. The number of ether oxygens (including phenoxy) is 1. The van der Waals surface area contributed by atoms with Gasteiger partial charge in [0.25, 0.3) is 5.91 Å². The number of rotatable bonds is 6. The van der Waals surface area contributed by atoms with E-state index in [0.29, 0.717) is 29.1 Å². The number of anilines is 1. The van der Waals surface area contributed by atoms with Crippen LogP contribution in [0.2, 0.25) is 0 Å². The molecule has 0 unspecified atom stereocenters. The number of aryl methyl sites for hydroxylation is 1. The molecule has 0 atom stereocenters. The van der Waals surface area contributed by atoms with Gasteiger partial charge in [0.05, 0.1) is 0 Å². The maximum Gasteiger partial charge on any atom is 0.277 e. The van der Waals surface area contributed by atoms with Crippen LogP contribution in [0.3, 0.4) is 0 Å². The minimum absolute atomic E-state index is 0.278. The number of carbonyl (C=O) groups is 1. The van der Waals surface area contributed by atoms with Gasteiger partial charge in [-0.25, -0.2) is 4.98 Å². The Kier molecular flexibility index (Phi) is 4.47. The summed E-state index contributed by atoms with van der Waals surface area (Å²) in [5, 5.41) is 14.9. The molecule has 0 aliphatic heterocycles. The van der Waals surface area contributed by atoms with Crippen LogP contribution < -0.4 is 10.1 Å². The largest absolute Gasteiger partial charge is 0.438 e. The lowest BCUT2D eigenvalue weighted by Crippen LogP contribution is -2.12. The molecule has 3 heterocycles. The molecule has 150 valence electrons. The van der Waals surface area contributed by atoms with E-state index in [-0.39, 0.29) is 11.6 Å². The molecule has 9 nitrogen and oxygen atoms in total. The molecular formula is C21H18N6O3. The van der Waals surface area contributed by atoms with E-state index in [1.165, 1.54) is 0 Å². The predicted molar refractivity (Wildman–Crippen MR) is 107 cm³/mol. The van der Waals surface area contributed by atoms with Gasteiger partial charge in [-0.05, 0) is 50.1 Å². The molecule has 1 aromatic carbocycles. The van der Waals surface area contributed by atoms with Crippen LogP contribution in [0.15, 0.2) is 59.4 Å². The van der Waals surface area contributed by atoms with Gasteiger partial charge in [0.1, 0.15) is 17.3 Å². The number of hydrogen-bond donors (Lipinski definition) is 1. The fourth-order valence-corrected chi connectivity index (χ4v) is 2.99. The second kappa shape index (κ2) is 7.43. The van der Waals surface area contributed by atoms with Gasteiger partial charge in [0.15, 0.2) is 11.5 Å². The van der Waals surface area contributed by atoms with Gasteiger partial charge in [-0.3, -0.25) is 9.36 Å². The van der Waals surface area contributed by atoms with Gasteiger partial charge >= 0.3 is 0 Å². The summed E-state index contributed by atoms with van der Waals surface area (Å²) >= 11 is 0. The van der Waals surface area contributed by atoms with Crippen LogP contribution in [-0.2, 0) is 0 Å². The summed E-state index contributed by atoms with van der Waals surface area (Å²) in [4.78, 5) is 16.5. The Hall–Kier alpha value is -4.01. The van der Waals surface area contributed by atoms with Gasteiger partial charge in [-0.15, -0.1) is 10.2 Å². The van der Waals surface area contributed by atoms with E-state index in [2.05, 4.69) is 25.7 Å². The number of carbonyl (C=O) groups excluding carboxylic acids is 1. The molecule has 4 aromatic rings. The maximum absolute atomic E-state index is 12.3. The number of imidazole rings is 1. The molecule has 1 saturated carbocycles. The number of aromatic nitrogens is 5. The Bertz CT molecular complexity index is 1180. The van der Waals surface area contributed by atoms with Crippen LogP contribution in [0.5, 0.6) is 11.6 Å². The van der Waals surface area contributed by atoms with Crippen molar-refractivity contribution in [1.29, 1.82) is 0 Å². The summed E-state index contributed by atoms with van der Waals surface area (Å²) in [6.45, 7) is 1.89. The van der Waals surface area contributed by atoms with Crippen molar-refractivity contribution in [2.75, 3.05) is 5.32 Å². The second-order valence-corrected chi connectivity index (χ2v) is 7.04. The van der Waals surface area contributed by atoms with Crippen molar-refractivity contribution in [1.82, 2.24) is 24.9 Å². The third-order valence-corrected chi connectivity index (χ3v) is 4.77. The first-order valence-electron chi connectivity index (χ1n) is 9.56. The molecule has 0 radical (unpaired) electrons. The Morgan fingerprint density at radius 2 is 2.00 bits per heavy atom. The molecule has 1 N–H and O–H groups in total. The summed E-state index contributed by atoms with van der Waals surface area (Å²) in [7, 11) is 0. The Morgan fingerprint density at radius 1 is 1.17 bits per heavy atom. The highest BCUT2D eigenvalue weighted by Gasteiger charge is 2.28. The number of nitrogens with zero attached hydrogens (tertiary/aromatic N) is 5. The first-order valence-corrected chi connectivity index (χ1v) is 9.56. The van der Waals surface area contributed by atoms with Gasteiger partial charge in [0, 0.05) is 36.1 Å². The van der Waals surface area contributed by atoms with E-state index in [1.54, 1.807) is 48.7 Å². The molecule has 0 bridgehead atoms. The summed E-state index contributed by atoms with van der Waals surface area (Å²) in [6, 6.07) is 12.2. The third kappa shape index (κ3) is 3.77. The van der Waals surface area contributed by atoms with E-state index < -0.39 is 0 Å².